The SMILES string of the molecule is CN(CCOCC(=O)N1CCC(O)(c2cccnc2)CC1)S(=O)(=O)c1ccc(Cl)s1. The zero-order chi connectivity index (χ0) is 21.8. The summed E-state index contributed by atoms with van der Waals surface area (Å²) in [5.41, 5.74) is -0.224. The van der Waals surface area contributed by atoms with Crippen molar-refractivity contribution in [2.45, 2.75) is 22.7 Å². The van der Waals surface area contributed by atoms with E-state index >= 15 is 0 Å². The summed E-state index contributed by atoms with van der Waals surface area (Å²) in [5, 5.41) is 10.8. The topological polar surface area (TPSA) is 100 Å². The fourth-order valence-electron chi connectivity index (χ4n) is 3.21. The van der Waals surface area contributed by atoms with Gasteiger partial charge in [-0.1, -0.05) is 17.7 Å². The number of carbonyl (C=O) groups is 1. The molecule has 1 saturated heterocycles. The van der Waals surface area contributed by atoms with Crippen LogP contribution < -0.4 is 0 Å². The van der Waals surface area contributed by atoms with Crippen molar-refractivity contribution in [3.8, 4) is 0 Å². The van der Waals surface area contributed by atoms with Crippen LogP contribution in [0.2, 0.25) is 4.34 Å². The maximum Gasteiger partial charge on any atom is 0.252 e. The Hall–Kier alpha value is -1.56. The molecule has 1 N–H and O–H groups in total. The number of pyridine rings is 1. The molecular formula is C19H24ClN3O5S2. The van der Waals surface area contributed by atoms with Crippen molar-refractivity contribution in [3.05, 3.63) is 46.6 Å². The number of sulfonamides is 1. The van der Waals surface area contributed by atoms with Gasteiger partial charge in [0.2, 0.25) is 5.91 Å². The highest BCUT2D eigenvalue weighted by atomic mass is 35.5. The minimum Gasteiger partial charge on any atom is -0.385 e. The Bertz CT molecular complexity index is 960. The highest BCUT2D eigenvalue weighted by Gasteiger charge is 2.35. The average molecular weight is 474 g/mol. The van der Waals surface area contributed by atoms with Gasteiger partial charge in [0.05, 0.1) is 16.5 Å². The summed E-state index contributed by atoms with van der Waals surface area (Å²) in [6, 6.07) is 6.62. The monoisotopic (exact) mass is 473 g/mol. The molecule has 1 aliphatic rings. The van der Waals surface area contributed by atoms with Crippen molar-refractivity contribution in [2.24, 2.45) is 0 Å². The Balaban J connectivity index is 1.41. The number of likely N-dealkylation sites (tertiary alicyclic amines) is 1. The average Bonchev–Trinajstić information content (AvgIpc) is 3.19. The van der Waals surface area contributed by atoms with E-state index < -0.39 is 15.6 Å². The molecule has 2 aromatic rings. The molecule has 0 bridgehead atoms. The third kappa shape index (κ3) is 5.37. The maximum absolute atomic E-state index is 12.4. The van der Waals surface area contributed by atoms with Gasteiger partial charge >= 0.3 is 0 Å². The van der Waals surface area contributed by atoms with Gasteiger partial charge in [0, 0.05) is 44.6 Å². The second-order valence-electron chi connectivity index (χ2n) is 7.09. The van der Waals surface area contributed by atoms with Crippen molar-refractivity contribution in [3.63, 3.8) is 0 Å². The van der Waals surface area contributed by atoms with Crippen LogP contribution in [0.5, 0.6) is 0 Å². The van der Waals surface area contributed by atoms with E-state index in [9.17, 15) is 18.3 Å². The number of ether oxygens (including phenoxy) is 1. The van der Waals surface area contributed by atoms with E-state index in [1.165, 1.54) is 23.5 Å². The summed E-state index contributed by atoms with van der Waals surface area (Å²) in [5.74, 6) is -0.182. The molecule has 0 saturated carbocycles. The van der Waals surface area contributed by atoms with Gasteiger partial charge in [-0.3, -0.25) is 9.78 Å². The summed E-state index contributed by atoms with van der Waals surface area (Å²) in [6.07, 6.45) is 4.15. The summed E-state index contributed by atoms with van der Waals surface area (Å²) >= 11 is 6.80. The van der Waals surface area contributed by atoms with E-state index in [0.717, 1.165) is 16.9 Å². The smallest absolute Gasteiger partial charge is 0.252 e. The number of nitrogens with zero attached hydrogens (tertiary/aromatic N) is 3. The predicted molar refractivity (Wildman–Crippen MR) is 114 cm³/mol. The van der Waals surface area contributed by atoms with Crippen LogP contribution in [0, 0.1) is 0 Å². The first-order valence-electron chi connectivity index (χ1n) is 9.42. The van der Waals surface area contributed by atoms with Crippen LogP contribution in [0.25, 0.3) is 0 Å². The Morgan fingerprint density at radius 3 is 2.70 bits per heavy atom. The lowest BCUT2D eigenvalue weighted by Crippen LogP contribution is -2.46. The maximum atomic E-state index is 12.4. The first-order chi connectivity index (χ1) is 14.2. The second kappa shape index (κ2) is 9.71. The number of amides is 1. The highest BCUT2D eigenvalue weighted by Crippen LogP contribution is 2.32. The van der Waals surface area contributed by atoms with Gasteiger partial charge in [-0.25, -0.2) is 8.42 Å². The van der Waals surface area contributed by atoms with Crippen LogP contribution in [-0.4, -0.2) is 73.5 Å². The summed E-state index contributed by atoms with van der Waals surface area (Å²) in [7, 11) is -2.16. The Labute approximate surface area is 185 Å². The highest BCUT2D eigenvalue weighted by molar-refractivity contribution is 7.91. The molecule has 0 unspecified atom stereocenters. The molecule has 1 fully saturated rings. The first kappa shape index (κ1) is 23.1. The summed E-state index contributed by atoms with van der Waals surface area (Å²) in [6.45, 7) is 0.909. The van der Waals surface area contributed by atoms with Crippen LogP contribution in [0.15, 0.2) is 40.9 Å². The number of aliphatic hydroxyl groups is 1. The number of thiophene rings is 1. The largest absolute Gasteiger partial charge is 0.385 e. The van der Waals surface area contributed by atoms with Gasteiger partial charge in [-0.2, -0.15) is 4.31 Å². The minimum absolute atomic E-state index is 0.0913. The lowest BCUT2D eigenvalue weighted by atomic mass is 9.85. The van der Waals surface area contributed by atoms with Gasteiger partial charge in [-0.15, -0.1) is 11.3 Å². The molecule has 1 amide bonds. The van der Waals surface area contributed by atoms with E-state index in [0.29, 0.717) is 30.3 Å². The van der Waals surface area contributed by atoms with Gasteiger partial charge in [-0.05, 0) is 31.0 Å². The van der Waals surface area contributed by atoms with E-state index in [1.54, 1.807) is 23.4 Å². The summed E-state index contributed by atoms with van der Waals surface area (Å²) in [4.78, 5) is 18.1. The number of hydrogen-bond acceptors (Lipinski definition) is 7. The lowest BCUT2D eigenvalue weighted by Gasteiger charge is -2.38. The molecule has 0 spiro atoms. The molecule has 30 heavy (non-hydrogen) atoms. The van der Waals surface area contributed by atoms with E-state index in [2.05, 4.69) is 4.98 Å². The molecule has 0 radical (unpaired) electrons. The van der Waals surface area contributed by atoms with Gasteiger partial charge in [0.25, 0.3) is 10.0 Å². The number of hydrogen-bond donors (Lipinski definition) is 1. The normalized spacial score (nSPS) is 16.7. The van der Waals surface area contributed by atoms with Crippen LogP contribution in [-0.2, 0) is 25.2 Å². The van der Waals surface area contributed by atoms with Gasteiger partial charge in [0.15, 0.2) is 0 Å². The molecule has 3 rings (SSSR count). The molecule has 0 aromatic carbocycles. The molecule has 3 heterocycles. The van der Waals surface area contributed by atoms with E-state index in [-0.39, 0.29) is 29.9 Å². The fourth-order valence-corrected chi connectivity index (χ4v) is 6.06. The van der Waals surface area contributed by atoms with Crippen LogP contribution in [0.3, 0.4) is 0 Å². The number of aromatic nitrogens is 1. The van der Waals surface area contributed by atoms with Crippen LogP contribution in [0.4, 0.5) is 0 Å². The lowest BCUT2D eigenvalue weighted by molar-refractivity contribution is -0.140. The second-order valence-corrected chi connectivity index (χ2v) is 11.1. The zero-order valence-corrected chi connectivity index (χ0v) is 18.9. The van der Waals surface area contributed by atoms with Crippen molar-refractivity contribution >= 4 is 38.9 Å². The molecule has 11 heteroatoms. The molecular weight excluding hydrogens is 450 g/mol. The molecule has 0 aliphatic carbocycles. The zero-order valence-electron chi connectivity index (χ0n) is 16.5. The third-order valence-electron chi connectivity index (χ3n) is 5.13. The number of halogens is 1. The molecule has 1 aliphatic heterocycles. The Morgan fingerprint density at radius 2 is 2.10 bits per heavy atom. The van der Waals surface area contributed by atoms with Crippen molar-refractivity contribution in [1.82, 2.24) is 14.2 Å². The quantitative estimate of drug-likeness (QED) is 0.588. The fraction of sp³-hybridized carbons (Fsp3) is 0.474. The van der Waals surface area contributed by atoms with Crippen molar-refractivity contribution in [2.75, 3.05) is 39.9 Å². The van der Waals surface area contributed by atoms with Crippen LogP contribution >= 0.6 is 22.9 Å². The molecule has 2 aromatic heterocycles. The molecule has 0 atom stereocenters. The van der Waals surface area contributed by atoms with Crippen LogP contribution in [0.1, 0.15) is 18.4 Å². The number of likely N-dealkylation sites (N-methyl/N-ethyl adjacent to an activating group) is 1. The summed E-state index contributed by atoms with van der Waals surface area (Å²) < 4.78 is 32.0. The number of rotatable bonds is 8. The molecule has 164 valence electrons. The predicted octanol–water partition coefficient (Wildman–Crippen LogP) is 1.94. The third-order valence-corrected chi connectivity index (χ3v) is 8.69. The molecule has 8 nitrogen and oxygen atoms in total. The Morgan fingerprint density at radius 1 is 1.37 bits per heavy atom. The number of piperidine rings is 1. The standard InChI is InChI=1S/C19H24ClN3O5S2/c1-22(30(26,27)18-5-4-16(20)29-18)11-12-28-14-17(24)23-9-6-19(25,7-10-23)15-3-2-8-21-13-15/h2-5,8,13,25H,6-7,9-12,14H2,1H3. The van der Waals surface area contributed by atoms with E-state index in [1.807, 2.05) is 6.07 Å². The minimum atomic E-state index is -3.62. The van der Waals surface area contributed by atoms with Crippen molar-refractivity contribution < 1.29 is 23.1 Å². The first-order valence-corrected chi connectivity index (χ1v) is 12.1. The van der Waals surface area contributed by atoms with E-state index in [4.69, 9.17) is 16.3 Å². The van der Waals surface area contributed by atoms with Gasteiger partial charge in [0.1, 0.15) is 10.8 Å². The number of carbonyl (C=O) groups excluding carboxylic acids is 1. The van der Waals surface area contributed by atoms with Crippen molar-refractivity contribution in [1.29, 1.82) is 0 Å². The van der Waals surface area contributed by atoms with Gasteiger partial charge < -0.3 is 14.7 Å². The Kier molecular flexibility index (Phi) is 7.48.